The first-order valence-corrected chi connectivity index (χ1v) is 14.6. The molecule has 1 fully saturated rings. The molecule has 3 aromatic rings. The highest BCUT2D eigenvalue weighted by atomic mass is 35.5. The van der Waals surface area contributed by atoms with Gasteiger partial charge in [-0.25, -0.2) is 9.38 Å². The summed E-state index contributed by atoms with van der Waals surface area (Å²) in [4.78, 5) is 14.0. The number of pyridine rings is 1. The first kappa shape index (κ1) is 28.5. The standard InChI is InChI=1S/C30H34ClFN6OS/c1-15(2)24-20(10-35-17(4)38-8-7-18(16(38)3)12-37(5)6)21-13-39-14-22(21)25(27(24)31)28-26-19(9-33)30(34)40-29(26)23(32)11-36-28/h10-11,16,18H,7-8,12-14,34H2,1-6H3/b20-10-,35-17?. The van der Waals surface area contributed by atoms with Gasteiger partial charge in [-0.15, -0.1) is 11.3 Å². The van der Waals surface area contributed by atoms with Crippen LogP contribution in [-0.2, 0) is 18.0 Å². The van der Waals surface area contributed by atoms with E-state index in [9.17, 15) is 9.65 Å². The number of thiophene rings is 1. The van der Waals surface area contributed by atoms with Gasteiger partial charge in [-0.1, -0.05) is 17.2 Å². The Morgan fingerprint density at radius 1 is 1.35 bits per heavy atom. The molecule has 210 valence electrons. The van der Waals surface area contributed by atoms with Crippen molar-refractivity contribution >= 4 is 55.6 Å². The summed E-state index contributed by atoms with van der Waals surface area (Å²) in [6, 6.07) is 2.54. The van der Waals surface area contributed by atoms with E-state index in [0.29, 0.717) is 51.5 Å². The van der Waals surface area contributed by atoms with Crippen molar-refractivity contribution in [2.24, 2.45) is 10.9 Å². The normalized spacial score (nSPS) is 19.6. The highest BCUT2D eigenvalue weighted by molar-refractivity contribution is 7.23. The molecule has 10 heteroatoms. The second-order valence-corrected chi connectivity index (χ2v) is 12.5. The summed E-state index contributed by atoms with van der Waals surface area (Å²) >= 11 is 8.25. The van der Waals surface area contributed by atoms with Crippen LogP contribution in [0, 0.1) is 23.1 Å². The van der Waals surface area contributed by atoms with E-state index in [1.807, 2.05) is 20.0 Å². The average Bonchev–Trinajstić information content (AvgIpc) is 3.60. The van der Waals surface area contributed by atoms with Crippen molar-refractivity contribution in [3.8, 4) is 17.3 Å². The minimum atomic E-state index is -0.516. The molecule has 1 aromatic carbocycles. The molecule has 2 N–H and O–H groups in total. The van der Waals surface area contributed by atoms with Gasteiger partial charge in [0.1, 0.15) is 16.9 Å². The molecular weight excluding hydrogens is 547 g/mol. The Morgan fingerprint density at radius 2 is 2.08 bits per heavy atom. The number of amidine groups is 1. The maximum atomic E-state index is 14.8. The van der Waals surface area contributed by atoms with Gasteiger partial charge in [-0.05, 0) is 65.3 Å². The van der Waals surface area contributed by atoms with Crippen LogP contribution in [-0.4, -0.2) is 53.8 Å². The van der Waals surface area contributed by atoms with Crippen LogP contribution in [0.3, 0.4) is 0 Å². The van der Waals surface area contributed by atoms with Gasteiger partial charge < -0.3 is 20.3 Å². The topological polar surface area (TPSA) is 90.8 Å². The number of likely N-dealkylation sites (tertiary alicyclic amines) is 1. The van der Waals surface area contributed by atoms with Crippen LogP contribution in [0.25, 0.3) is 33.1 Å². The number of nitrogens with zero attached hydrogens (tertiary/aromatic N) is 5. The lowest BCUT2D eigenvalue weighted by Gasteiger charge is -2.27. The van der Waals surface area contributed by atoms with Gasteiger partial charge in [0.15, 0.2) is 5.82 Å². The minimum absolute atomic E-state index is 0.215. The molecule has 0 saturated carbocycles. The van der Waals surface area contributed by atoms with E-state index in [-0.39, 0.29) is 10.6 Å². The van der Waals surface area contributed by atoms with Crippen molar-refractivity contribution in [3.63, 3.8) is 0 Å². The number of rotatable bonds is 4. The van der Waals surface area contributed by atoms with Crippen LogP contribution >= 0.6 is 22.9 Å². The summed E-state index contributed by atoms with van der Waals surface area (Å²) in [6.45, 7) is 11.1. The molecule has 0 bridgehead atoms. The number of hydrogen-bond acceptors (Lipinski definition) is 7. The lowest BCUT2D eigenvalue weighted by Crippen LogP contribution is -2.37. The zero-order chi connectivity index (χ0) is 28.9. The van der Waals surface area contributed by atoms with Gasteiger partial charge in [0.25, 0.3) is 0 Å². The van der Waals surface area contributed by atoms with E-state index in [1.54, 1.807) is 0 Å². The highest BCUT2D eigenvalue weighted by Gasteiger charge is 2.32. The smallest absolute Gasteiger partial charge is 0.159 e. The van der Waals surface area contributed by atoms with Crippen molar-refractivity contribution in [1.29, 1.82) is 5.26 Å². The Bertz CT molecular complexity index is 1700. The fourth-order valence-corrected chi connectivity index (χ4v) is 7.51. The number of aliphatic imine (C=N–C) groups is 1. The van der Waals surface area contributed by atoms with Crippen LogP contribution in [0.1, 0.15) is 50.8 Å². The SMILES string of the molecule is CC(=N/C=c1/c2c(c(-c3ncc(F)c4sc(N)c(C#N)c34)c(Cl)c1=C(C)C)COC2)N1CCC(CN(C)C)C1C. The fraction of sp³-hybridized carbons (Fsp3) is 0.433. The summed E-state index contributed by atoms with van der Waals surface area (Å²) in [5.74, 6) is 1.05. The number of ether oxygens (including phenoxy) is 1. The molecule has 2 aromatic heterocycles. The Hall–Kier alpha value is -3.03. The quantitative estimate of drug-likeness (QED) is 0.350. The summed E-state index contributed by atoms with van der Waals surface area (Å²) < 4.78 is 21.0. The molecular formula is C30H34ClFN6OS. The average molecular weight is 581 g/mol. The number of nitrogens with two attached hydrogens (primary N) is 1. The Kier molecular flexibility index (Phi) is 7.90. The van der Waals surface area contributed by atoms with Crippen LogP contribution in [0.4, 0.5) is 9.39 Å². The van der Waals surface area contributed by atoms with Gasteiger partial charge in [-0.3, -0.25) is 4.98 Å². The molecule has 1 saturated heterocycles. The number of aromatic nitrogens is 1. The molecule has 4 heterocycles. The lowest BCUT2D eigenvalue weighted by atomic mass is 9.93. The second kappa shape index (κ2) is 11.1. The monoisotopic (exact) mass is 580 g/mol. The molecule has 2 unspecified atom stereocenters. The van der Waals surface area contributed by atoms with Gasteiger partial charge in [0.2, 0.25) is 0 Å². The third-order valence-electron chi connectivity index (χ3n) is 8.05. The van der Waals surface area contributed by atoms with Crippen LogP contribution < -0.4 is 16.2 Å². The molecule has 0 aliphatic carbocycles. The molecule has 0 amide bonds. The van der Waals surface area contributed by atoms with Crippen molar-refractivity contribution in [1.82, 2.24) is 14.8 Å². The van der Waals surface area contributed by atoms with E-state index in [2.05, 4.69) is 48.8 Å². The minimum Gasteiger partial charge on any atom is -0.389 e. The second-order valence-electron chi connectivity index (χ2n) is 11.1. The number of benzene rings is 1. The predicted octanol–water partition coefficient (Wildman–Crippen LogP) is 4.86. The molecule has 2 aliphatic rings. The third-order valence-corrected chi connectivity index (χ3v) is 9.45. The molecule has 40 heavy (non-hydrogen) atoms. The third kappa shape index (κ3) is 4.77. The summed E-state index contributed by atoms with van der Waals surface area (Å²) in [5, 5.41) is 12.7. The van der Waals surface area contributed by atoms with E-state index in [4.69, 9.17) is 27.1 Å². The molecule has 0 spiro atoms. The van der Waals surface area contributed by atoms with E-state index >= 15 is 0 Å². The number of nitrogen functional groups attached to an aromatic ring is 1. The first-order chi connectivity index (χ1) is 19.0. The van der Waals surface area contributed by atoms with E-state index < -0.39 is 5.82 Å². The van der Waals surface area contributed by atoms with Crippen LogP contribution in [0.15, 0.2) is 11.2 Å². The van der Waals surface area contributed by atoms with Gasteiger partial charge in [0.05, 0.1) is 40.4 Å². The number of fused-ring (bicyclic) bond motifs is 2. The molecule has 5 rings (SSSR count). The van der Waals surface area contributed by atoms with Crippen LogP contribution in [0.5, 0.6) is 0 Å². The van der Waals surface area contributed by atoms with Gasteiger partial charge in [-0.2, -0.15) is 5.26 Å². The lowest BCUT2D eigenvalue weighted by molar-refractivity contribution is 0.134. The van der Waals surface area contributed by atoms with Crippen molar-refractivity contribution in [2.45, 2.75) is 53.4 Å². The Balaban J connectivity index is 1.72. The van der Waals surface area contributed by atoms with Gasteiger partial charge >= 0.3 is 0 Å². The zero-order valence-corrected chi connectivity index (χ0v) is 25.3. The van der Waals surface area contributed by atoms with E-state index in [1.165, 1.54) is 6.20 Å². The molecule has 2 aliphatic heterocycles. The number of nitriles is 1. The fourth-order valence-electron chi connectivity index (χ4n) is 6.09. The number of halogens is 2. The summed E-state index contributed by atoms with van der Waals surface area (Å²) in [6.07, 6.45) is 4.22. The summed E-state index contributed by atoms with van der Waals surface area (Å²) in [7, 11) is 4.23. The van der Waals surface area contributed by atoms with Crippen molar-refractivity contribution in [3.05, 3.63) is 44.2 Å². The van der Waals surface area contributed by atoms with Gasteiger partial charge in [0, 0.05) is 46.7 Å². The maximum Gasteiger partial charge on any atom is 0.159 e. The Labute approximate surface area is 243 Å². The van der Waals surface area contributed by atoms with E-state index in [0.717, 1.165) is 63.8 Å². The highest BCUT2D eigenvalue weighted by Crippen LogP contribution is 2.43. The maximum absolute atomic E-state index is 14.8. The summed E-state index contributed by atoms with van der Waals surface area (Å²) in [5.41, 5.74) is 10.3. The molecule has 0 radical (unpaired) electrons. The Morgan fingerprint density at radius 3 is 2.75 bits per heavy atom. The molecule has 2 atom stereocenters. The van der Waals surface area contributed by atoms with Crippen molar-refractivity contribution in [2.75, 3.05) is 32.9 Å². The molecule has 7 nitrogen and oxygen atoms in total. The van der Waals surface area contributed by atoms with Crippen molar-refractivity contribution < 1.29 is 9.13 Å². The predicted molar refractivity (Wildman–Crippen MR) is 162 cm³/mol. The largest absolute Gasteiger partial charge is 0.389 e. The number of anilines is 1. The number of hydrogen-bond donors (Lipinski definition) is 1. The zero-order valence-electron chi connectivity index (χ0n) is 23.7. The first-order valence-electron chi connectivity index (χ1n) is 13.4. The van der Waals surface area contributed by atoms with Crippen LogP contribution in [0.2, 0.25) is 5.02 Å².